The molecule has 0 saturated carbocycles. The molecule has 0 aromatic heterocycles. The first-order valence-electron chi connectivity index (χ1n) is 6.09. The molecule has 1 fully saturated rings. The molecule has 2 atom stereocenters. The van der Waals surface area contributed by atoms with Crippen molar-refractivity contribution in [2.75, 3.05) is 7.05 Å². The van der Waals surface area contributed by atoms with Crippen LogP contribution in [-0.2, 0) is 4.79 Å². The predicted octanol–water partition coefficient (Wildman–Crippen LogP) is 2.22. The summed E-state index contributed by atoms with van der Waals surface area (Å²) in [5, 5.41) is 3.43. The van der Waals surface area contributed by atoms with E-state index in [1.54, 1.807) is 4.90 Å². The van der Waals surface area contributed by atoms with Crippen molar-refractivity contribution < 1.29 is 4.79 Å². The highest BCUT2D eigenvalue weighted by atomic mass is 16.2. The summed E-state index contributed by atoms with van der Waals surface area (Å²) in [5.41, 5.74) is 1.95. The third-order valence-corrected chi connectivity index (χ3v) is 3.74. The Morgan fingerprint density at radius 3 is 2.41 bits per heavy atom. The maximum atomic E-state index is 12.2. The average molecular weight is 232 g/mol. The van der Waals surface area contributed by atoms with E-state index in [0.717, 1.165) is 12.0 Å². The summed E-state index contributed by atoms with van der Waals surface area (Å²) >= 11 is 0. The van der Waals surface area contributed by atoms with Crippen LogP contribution in [-0.4, -0.2) is 23.4 Å². The smallest absolute Gasteiger partial charge is 0.243 e. The van der Waals surface area contributed by atoms with Gasteiger partial charge in [-0.3, -0.25) is 10.1 Å². The van der Waals surface area contributed by atoms with Crippen molar-refractivity contribution in [1.29, 1.82) is 0 Å². The SMILES string of the molecule is CCC1(C)NC(c2ccc(C)cc2)N(C)C1=O. The highest BCUT2D eigenvalue weighted by Crippen LogP contribution is 2.31. The molecule has 0 radical (unpaired) electrons. The van der Waals surface area contributed by atoms with Crippen molar-refractivity contribution in [3.05, 3.63) is 35.4 Å². The van der Waals surface area contributed by atoms with E-state index in [1.807, 2.05) is 20.9 Å². The third-order valence-electron chi connectivity index (χ3n) is 3.74. The van der Waals surface area contributed by atoms with E-state index in [-0.39, 0.29) is 12.1 Å². The van der Waals surface area contributed by atoms with Gasteiger partial charge in [-0.1, -0.05) is 36.8 Å². The van der Waals surface area contributed by atoms with Gasteiger partial charge in [-0.2, -0.15) is 0 Å². The fraction of sp³-hybridized carbons (Fsp3) is 0.500. The summed E-state index contributed by atoms with van der Waals surface area (Å²) in [6, 6.07) is 8.32. The second kappa shape index (κ2) is 4.15. The van der Waals surface area contributed by atoms with E-state index in [0.29, 0.717) is 0 Å². The number of likely N-dealkylation sites (N-methyl/N-ethyl adjacent to an activating group) is 1. The normalized spacial score (nSPS) is 28.8. The van der Waals surface area contributed by atoms with Gasteiger partial charge in [0.15, 0.2) is 0 Å². The van der Waals surface area contributed by atoms with Gasteiger partial charge < -0.3 is 4.90 Å². The van der Waals surface area contributed by atoms with Gasteiger partial charge in [0.25, 0.3) is 0 Å². The highest BCUT2D eigenvalue weighted by Gasteiger charge is 2.45. The first-order valence-corrected chi connectivity index (χ1v) is 6.09. The maximum absolute atomic E-state index is 12.2. The molecular weight excluding hydrogens is 212 g/mol. The standard InChI is InChI=1S/C14H20N2O/c1-5-14(3)13(17)16(4)12(15-14)11-8-6-10(2)7-9-11/h6-9,12,15H,5H2,1-4H3. The monoisotopic (exact) mass is 232 g/mol. The van der Waals surface area contributed by atoms with Crippen molar-refractivity contribution in [3.63, 3.8) is 0 Å². The van der Waals surface area contributed by atoms with Crippen molar-refractivity contribution in [2.45, 2.75) is 38.9 Å². The van der Waals surface area contributed by atoms with Gasteiger partial charge in [-0.15, -0.1) is 0 Å². The fourth-order valence-electron chi connectivity index (χ4n) is 2.28. The Bertz CT molecular complexity index is 426. The molecule has 1 heterocycles. The van der Waals surface area contributed by atoms with Gasteiger partial charge in [-0.05, 0) is 25.8 Å². The number of rotatable bonds is 2. The number of hydrogen-bond acceptors (Lipinski definition) is 2. The van der Waals surface area contributed by atoms with Crippen LogP contribution >= 0.6 is 0 Å². The molecule has 0 bridgehead atoms. The van der Waals surface area contributed by atoms with Gasteiger partial charge in [0.2, 0.25) is 5.91 Å². The molecular formula is C14H20N2O. The molecule has 0 spiro atoms. The van der Waals surface area contributed by atoms with Crippen molar-refractivity contribution in [1.82, 2.24) is 10.2 Å². The molecule has 0 aliphatic carbocycles. The van der Waals surface area contributed by atoms with Crippen molar-refractivity contribution >= 4 is 5.91 Å². The zero-order chi connectivity index (χ0) is 12.6. The quantitative estimate of drug-likeness (QED) is 0.848. The van der Waals surface area contributed by atoms with Gasteiger partial charge in [-0.25, -0.2) is 0 Å². The first kappa shape index (κ1) is 12.1. The Kier molecular flexibility index (Phi) is 2.96. The highest BCUT2D eigenvalue weighted by molar-refractivity contribution is 5.88. The Morgan fingerprint density at radius 1 is 1.35 bits per heavy atom. The van der Waals surface area contributed by atoms with Crippen molar-refractivity contribution in [3.8, 4) is 0 Å². The molecule has 1 aliphatic rings. The minimum atomic E-state index is -0.426. The molecule has 2 unspecified atom stereocenters. The molecule has 1 saturated heterocycles. The lowest BCUT2D eigenvalue weighted by Gasteiger charge is -2.20. The van der Waals surface area contributed by atoms with E-state index in [2.05, 4.69) is 36.5 Å². The Morgan fingerprint density at radius 2 is 1.94 bits per heavy atom. The van der Waals surface area contributed by atoms with Crippen LogP contribution in [0, 0.1) is 6.92 Å². The first-order chi connectivity index (χ1) is 7.98. The second-order valence-corrected chi connectivity index (χ2v) is 5.06. The molecule has 3 heteroatoms. The van der Waals surface area contributed by atoms with Gasteiger partial charge >= 0.3 is 0 Å². The topological polar surface area (TPSA) is 32.3 Å². The van der Waals surface area contributed by atoms with Crippen LogP contribution < -0.4 is 5.32 Å². The lowest BCUT2D eigenvalue weighted by atomic mass is 9.99. The molecule has 3 nitrogen and oxygen atoms in total. The molecule has 1 N–H and O–H groups in total. The summed E-state index contributed by atoms with van der Waals surface area (Å²) in [4.78, 5) is 14.0. The average Bonchev–Trinajstić information content (AvgIpc) is 2.56. The number of carbonyl (C=O) groups excluding carboxylic acids is 1. The summed E-state index contributed by atoms with van der Waals surface area (Å²) in [6.07, 6.45) is 0.798. The molecule has 92 valence electrons. The minimum Gasteiger partial charge on any atom is -0.324 e. The molecule has 17 heavy (non-hydrogen) atoms. The minimum absolute atomic E-state index is 0.00644. The number of nitrogens with one attached hydrogen (secondary N) is 1. The van der Waals surface area contributed by atoms with Crippen LogP contribution in [0.3, 0.4) is 0 Å². The van der Waals surface area contributed by atoms with E-state index >= 15 is 0 Å². The van der Waals surface area contributed by atoms with E-state index < -0.39 is 5.54 Å². The van der Waals surface area contributed by atoms with Gasteiger partial charge in [0.05, 0.1) is 5.54 Å². The van der Waals surface area contributed by atoms with Crippen LogP contribution in [0.5, 0.6) is 0 Å². The molecule has 1 aromatic carbocycles. The number of hydrogen-bond donors (Lipinski definition) is 1. The maximum Gasteiger partial charge on any atom is 0.243 e. The Balaban J connectivity index is 2.30. The largest absolute Gasteiger partial charge is 0.324 e. The summed E-state index contributed by atoms with van der Waals surface area (Å²) < 4.78 is 0. The molecule has 1 aromatic rings. The zero-order valence-electron chi connectivity index (χ0n) is 10.9. The van der Waals surface area contributed by atoms with E-state index in [9.17, 15) is 4.79 Å². The number of aryl methyl sites for hydroxylation is 1. The number of nitrogens with zero attached hydrogens (tertiary/aromatic N) is 1. The number of benzene rings is 1. The zero-order valence-corrected chi connectivity index (χ0v) is 10.9. The Labute approximate surface area is 103 Å². The second-order valence-electron chi connectivity index (χ2n) is 5.06. The third kappa shape index (κ3) is 1.95. The number of amides is 1. The van der Waals surface area contributed by atoms with E-state index in [1.165, 1.54) is 5.56 Å². The van der Waals surface area contributed by atoms with Gasteiger partial charge in [0.1, 0.15) is 6.17 Å². The lowest BCUT2D eigenvalue weighted by molar-refractivity contribution is -0.131. The summed E-state index contributed by atoms with van der Waals surface area (Å²) in [7, 11) is 1.86. The predicted molar refractivity (Wildman–Crippen MR) is 68.5 cm³/mol. The van der Waals surface area contributed by atoms with Gasteiger partial charge in [0, 0.05) is 7.05 Å². The molecule has 2 rings (SSSR count). The Hall–Kier alpha value is -1.35. The number of carbonyl (C=O) groups is 1. The van der Waals surface area contributed by atoms with Crippen LogP contribution in [0.1, 0.15) is 37.6 Å². The van der Waals surface area contributed by atoms with Crippen molar-refractivity contribution in [2.24, 2.45) is 0 Å². The van der Waals surface area contributed by atoms with Crippen LogP contribution in [0.4, 0.5) is 0 Å². The van der Waals surface area contributed by atoms with E-state index in [4.69, 9.17) is 0 Å². The lowest BCUT2D eigenvalue weighted by Crippen LogP contribution is -2.42. The fourth-order valence-corrected chi connectivity index (χ4v) is 2.28. The molecule has 1 aliphatic heterocycles. The van der Waals surface area contributed by atoms with Crippen LogP contribution in [0.25, 0.3) is 0 Å². The molecule has 1 amide bonds. The van der Waals surface area contributed by atoms with Crippen LogP contribution in [0.2, 0.25) is 0 Å². The summed E-state index contributed by atoms with van der Waals surface area (Å²) in [5.74, 6) is 0.172. The van der Waals surface area contributed by atoms with Crippen LogP contribution in [0.15, 0.2) is 24.3 Å². The summed E-state index contributed by atoms with van der Waals surface area (Å²) in [6.45, 7) is 6.08.